The van der Waals surface area contributed by atoms with E-state index in [4.69, 9.17) is 40.6 Å². The molecule has 6 atom stereocenters. The fourth-order valence-corrected chi connectivity index (χ4v) is 10.1. The fraction of sp³-hybridized carbons (Fsp3) is 0.793. The van der Waals surface area contributed by atoms with Crippen molar-refractivity contribution >= 4 is 59.0 Å². The van der Waals surface area contributed by atoms with Crippen molar-refractivity contribution in [3.05, 3.63) is 0 Å². The summed E-state index contributed by atoms with van der Waals surface area (Å²) in [5.41, 5.74) is 0. The lowest BCUT2D eigenvalue weighted by Gasteiger charge is -2.59. The molecule has 5 rings (SSSR count). The Morgan fingerprint density at radius 2 is 1.49 bits per heavy atom. The minimum absolute atomic E-state index is 0.123. The Balaban J connectivity index is 1.82. The highest BCUT2D eigenvalue weighted by Crippen LogP contribution is 2.64. The molecule has 12 nitrogen and oxygen atoms in total. The second-order valence-corrected chi connectivity index (χ2v) is 14.0. The molecule has 0 radical (unpaired) electrons. The van der Waals surface area contributed by atoms with Gasteiger partial charge < -0.3 is 28.4 Å². The van der Waals surface area contributed by atoms with Crippen molar-refractivity contribution in [3.8, 4) is 0 Å². The number of esters is 5. The van der Waals surface area contributed by atoms with Gasteiger partial charge in [0.2, 0.25) is 4.93 Å². The molecular formula is C29H39NO11S2. The minimum atomic E-state index is -1.71. The standard InChI is InChI=1S/C29H39NO11S2/c1-15(31)37-13-23(39-17(3)33)25(40-18(4)34)26-24(30-14-42)22(38-16(2)32)12-29(41-26,27(35)36-5)43-28-9-19-6-20(10-28)8-21(7-19)11-28/h19-26H,6-13H2,1-5H3/t19?,20?,21?,22-,23+,24+,25+,26+,28?,29+/m0/s1. The number of thiocarbonyl (C=S) groups is 1. The van der Waals surface area contributed by atoms with E-state index in [0.29, 0.717) is 17.8 Å². The second kappa shape index (κ2) is 13.6. The lowest BCUT2D eigenvalue weighted by Crippen LogP contribution is -2.64. The molecule has 0 aromatic carbocycles. The molecule has 0 spiro atoms. The predicted molar refractivity (Wildman–Crippen MR) is 155 cm³/mol. The molecule has 1 heterocycles. The van der Waals surface area contributed by atoms with Gasteiger partial charge in [-0.25, -0.2) is 9.79 Å². The van der Waals surface area contributed by atoms with E-state index in [1.807, 2.05) is 0 Å². The van der Waals surface area contributed by atoms with Crippen LogP contribution in [0, 0.1) is 17.8 Å². The van der Waals surface area contributed by atoms with Crippen molar-refractivity contribution in [1.29, 1.82) is 0 Å². The van der Waals surface area contributed by atoms with Crippen LogP contribution < -0.4 is 0 Å². The van der Waals surface area contributed by atoms with Gasteiger partial charge in [-0.05, 0) is 68.5 Å². The van der Waals surface area contributed by atoms with Gasteiger partial charge in [-0.2, -0.15) is 0 Å². The molecule has 238 valence electrons. The Hall–Kier alpha value is -2.54. The Morgan fingerprint density at radius 1 is 0.907 bits per heavy atom. The van der Waals surface area contributed by atoms with E-state index < -0.39 is 71.8 Å². The summed E-state index contributed by atoms with van der Waals surface area (Å²) in [5.74, 6) is -1.89. The maximum atomic E-state index is 13.8. The molecule has 5 aliphatic rings. The van der Waals surface area contributed by atoms with E-state index in [9.17, 15) is 24.0 Å². The van der Waals surface area contributed by atoms with Crippen LogP contribution in [0.2, 0.25) is 0 Å². The highest BCUT2D eigenvalue weighted by atomic mass is 32.2. The van der Waals surface area contributed by atoms with Crippen LogP contribution in [0.3, 0.4) is 0 Å². The molecule has 0 N–H and O–H groups in total. The van der Waals surface area contributed by atoms with Gasteiger partial charge >= 0.3 is 29.8 Å². The minimum Gasteiger partial charge on any atom is -0.466 e. The first-order chi connectivity index (χ1) is 20.3. The van der Waals surface area contributed by atoms with Crippen LogP contribution in [0.15, 0.2) is 4.99 Å². The zero-order chi connectivity index (χ0) is 31.5. The van der Waals surface area contributed by atoms with Crippen LogP contribution >= 0.6 is 24.0 Å². The molecular weight excluding hydrogens is 602 g/mol. The van der Waals surface area contributed by atoms with E-state index in [-0.39, 0.29) is 11.2 Å². The van der Waals surface area contributed by atoms with Crippen LogP contribution in [-0.4, -0.2) is 88.9 Å². The lowest BCUT2D eigenvalue weighted by atomic mass is 9.56. The van der Waals surface area contributed by atoms with E-state index >= 15 is 0 Å². The molecule has 0 aromatic heterocycles. The molecule has 0 aromatic rings. The number of rotatable bonds is 11. The van der Waals surface area contributed by atoms with Crippen molar-refractivity contribution < 1.29 is 52.4 Å². The van der Waals surface area contributed by atoms with Gasteiger partial charge in [0.05, 0.1) is 12.3 Å². The fourth-order valence-electron chi connectivity index (χ4n) is 7.79. The first-order valence-corrected chi connectivity index (χ1v) is 15.7. The number of carbonyl (C=O) groups is 5. The number of ether oxygens (including phenoxy) is 6. The molecule has 0 amide bonds. The van der Waals surface area contributed by atoms with Crippen LogP contribution in [0.25, 0.3) is 0 Å². The van der Waals surface area contributed by atoms with Gasteiger partial charge in [0.15, 0.2) is 12.2 Å². The van der Waals surface area contributed by atoms with E-state index in [1.54, 1.807) is 0 Å². The zero-order valence-corrected chi connectivity index (χ0v) is 26.7. The number of thioether (sulfide) groups is 1. The van der Waals surface area contributed by atoms with E-state index in [0.717, 1.165) is 33.1 Å². The van der Waals surface area contributed by atoms with E-state index in [2.05, 4.69) is 10.2 Å². The second-order valence-electron chi connectivity index (χ2n) is 12.1. The van der Waals surface area contributed by atoms with Crippen LogP contribution in [0.1, 0.15) is 72.6 Å². The Bertz CT molecular complexity index is 1140. The first kappa shape index (κ1) is 33.4. The lowest BCUT2D eigenvalue weighted by molar-refractivity contribution is -0.221. The topological polar surface area (TPSA) is 153 Å². The number of hydrogen-bond acceptors (Lipinski definition) is 14. The van der Waals surface area contributed by atoms with E-state index in [1.165, 1.54) is 52.0 Å². The number of aliphatic imine (C=N–C) groups is 1. The Labute approximate surface area is 260 Å². The molecule has 4 saturated carbocycles. The van der Waals surface area contributed by atoms with Crippen molar-refractivity contribution in [2.75, 3.05) is 13.7 Å². The highest BCUT2D eigenvalue weighted by Gasteiger charge is 2.63. The van der Waals surface area contributed by atoms with Gasteiger partial charge in [-0.15, -0.1) is 11.8 Å². The highest BCUT2D eigenvalue weighted by molar-refractivity contribution is 8.02. The average Bonchev–Trinajstić information content (AvgIpc) is 2.89. The largest absolute Gasteiger partial charge is 0.466 e. The number of methoxy groups -OCH3 is 1. The van der Waals surface area contributed by atoms with Gasteiger partial charge in [-0.1, -0.05) is 0 Å². The predicted octanol–water partition coefficient (Wildman–Crippen LogP) is 3.18. The molecule has 1 saturated heterocycles. The first-order valence-electron chi connectivity index (χ1n) is 14.5. The number of nitrogens with zero attached hydrogens (tertiary/aromatic N) is 1. The summed E-state index contributed by atoms with van der Waals surface area (Å²) in [6, 6.07) is -1.13. The molecule has 1 aliphatic heterocycles. The number of isothiocyanates is 1. The van der Waals surface area contributed by atoms with Crippen molar-refractivity contribution in [2.45, 2.75) is 113 Å². The summed E-state index contributed by atoms with van der Waals surface area (Å²) in [6.07, 6.45) is 0.841. The van der Waals surface area contributed by atoms with Gasteiger partial charge in [0, 0.05) is 38.9 Å². The molecule has 5 fully saturated rings. The molecule has 43 heavy (non-hydrogen) atoms. The van der Waals surface area contributed by atoms with Gasteiger partial charge in [-0.3, -0.25) is 19.2 Å². The normalized spacial score (nSPS) is 35.5. The quantitative estimate of drug-likeness (QED) is 0.141. The Kier molecular flexibility index (Phi) is 10.6. The smallest absolute Gasteiger partial charge is 0.349 e. The van der Waals surface area contributed by atoms with Gasteiger partial charge in [0.25, 0.3) is 0 Å². The summed E-state index contributed by atoms with van der Waals surface area (Å²) in [6.45, 7) is 4.19. The van der Waals surface area contributed by atoms with Crippen molar-refractivity contribution in [1.82, 2.24) is 0 Å². The van der Waals surface area contributed by atoms with Gasteiger partial charge in [0.1, 0.15) is 24.9 Å². The summed E-state index contributed by atoms with van der Waals surface area (Å²) in [7, 11) is 1.25. The van der Waals surface area contributed by atoms with Crippen LogP contribution in [0.5, 0.6) is 0 Å². The maximum absolute atomic E-state index is 13.8. The number of carbonyl (C=O) groups excluding carboxylic acids is 5. The molecule has 4 bridgehead atoms. The Morgan fingerprint density at radius 3 is 1.95 bits per heavy atom. The third-order valence-electron chi connectivity index (χ3n) is 8.65. The van der Waals surface area contributed by atoms with Crippen LogP contribution in [0.4, 0.5) is 0 Å². The summed E-state index contributed by atoms with van der Waals surface area (Å²) < 4.78 is 33.7. The van der Waals surface area contributed by atoms with Crippen LogP contribution in [-0.2, 0) is 52.4 Å². The van der Waals surface area contributed by atoms with Crippen molar-refractivity contribution in [2.24, 2.45) is 22.7 Å². The molecule has 4 aliphatic carbocycles. The maximum Gasteiger partial charge on any atom is 0.349 e. The van der Waals surface area contributed by atoms with Crippen molar-refractivity contribution in [3.63, 3.8) is 0 Å². The monoisotopic (exact) mass is 641 g/mol. The molecule has 14 heteroatoms. The summed E-state index contributed by atoms with van der Waals surface area (Å²) in [4.78, 5) is 65.0. The third kappa shape index (κ3) is 7.76. The average molecular weight is 642 g/mol. The third-order valence-corrected chi connectivity index (χ3v) is 10.5. The summed E-state index contributed by atoms with van der Waals surface area (Å²) in [5, 5.41) is 2.29. The summed E-state index contributed by atoms with van der Waals surface area (Å²) >= 11 is 6.30. The number of hydrogen-bond donors (Lipinski definition) is 0. The SMILES string of the molecule is COC(=O)[C@]1(SC23CC4CC(CC(C4)C2)C3)C[C@H](OC(C)=O)[C@@H](N=C=S)[C@H]([C@H](OC(C)=O)[C@@H](COC(C)=O)OC(C)=O)O1. The molecule has 0 unspecified atom stereocenters. The zero-order valence-electron chi connectivity index (χ0n) is 25.0.